The summed E-state index contributed by atoms with van der Waals surface area (Å²) in [5.74, 6) is 0.182. The lowest BCUT2D eigenvalue weighted by Gasteiger charge is -2.18. The monoisotopic (exact) mass is 642 g/mol. The molecule has 0 amide bonds. The standard InChI is InChI=1S/C32H29Cl2O8P/c1-39-29-17-5-21(3-15-27(35)23-7-11-25(33)12-8-23)19-31(29)41-43(37,38)42-32-20-22(6-18-30(32)40-2)4-16-28(36)24-9-13-26(34)14-10-24/h5-14,17-20H,3-4,15-16H2,1-2H3,(H,37,38). The maximum Gasteiger partial charge on any atom is 0.585 e. The molecule has 0 atom stereocenters. The molecule has 0 aromatic heterocycles. The Bertz CT molecular complexity index is 1520. The van der Waals surface area contributed by atoms with Crippen molar-refractivity contribution >= 4 is 42.6 Å². The van der Waals surface area contributed by atoms with Crippen molar-refractivity contribution in [3.63, 3.8) is 0 Å². The van der Waals surface area contributed by atoms with Gasteiger partial charge in [0.05, 0.1) is 14.2 Å². The molecule has 11 heteroatoms. The van der Waals surface area contributed by atoms with Gasteiger partial charge in [-0.3, -0.25) is 14.5 Å². The van der Waals surface area contributed by atoms with E-state index in [1.807, 2.05) is 0 Å². The van der Waals surface area contributed by atoms with Crippen LogP contribution in [0, 0.1) is 0 Å². The van der Waals surface area contributed by atoms with Gasteiger partial charge in [0.25, 0.3) is 0 Å². The van der Waals surface area contributed by atoms with E-state index in [1.165, 1.54) is 26.4 Å². The van der Waals surface area contributed by atoms with Gasteiger partial charge in [-0.1, -0.05) is 35.3 Å². The summed E-state index contributed by atoms with van der Waals surface area (Å²) in [5, 5.41) is 1.08. The predicted octanol–water partition coefficient (Wildman–Crippen LogP) is 8.20. The number of ether oxygens (including phenoxy) is 2. The number of phosphoric acid groups is 1. The Balaban J connectivity index is 1.44. The van der Waals surface area contributed by atoms with Gasteiger partial charge in [0.2, 0.25) is 0 Å². The van der Waals surface area contributed by atoms with E-state index < -0.39 is 7.82 Å². The zero-order chi connectivity index (χ0) is 31.0. The van der Waals surface area contributed by atoms with Crippen molar-refractivity contribution in [2.24, 2.45) is 0 Å². The van der Waals surface area contributed by atoms with Gasteiger partial charge in [0.15, 0.2) is 34.6 Å². The second kappa shape index (κ2) is 14.6. The molecular formula is C32H29Cl2O8P. The number of methoxy groups -OCH3 is 2. The highest BCUT2D eigenvalue weighted by atomic mass is 35.5. The van der Waals surface area contributed by atoms with Gasteiger partial charge >= 0.3 is 7.82 Å². The van der Waals surface area contributed by atoms with Crippen LogP contribution >= 0.6 is 31.0 Å². The maximum absolute atomic E-state index is 13.1. The fraction of sp³-hybridized carbons (Fsp3) is 0.188. The smallest absolute Gasteiger partial charge is 0.493 e. The van der Waals surface area contributed by atoms with Crippen molar-refractivity contribution in [1.29, 1.82) is 0 Å². The van der Waals surface area contributed by atoms with Gasteiger partial charge in [-0.2, -0.15) is 0 Å². The third-order valence-corrected chi connectivity index (χ3v) is 7.86. The number of carbonyl (C=O) groups excluding carboxylic acids is 2. The largest absolute Gasteiger partial charge is 0.585 e. The van der Waals surface area contributed by atoms with Gasteiger partial charge in [-0.05, 0) is 96.8 Å². The van der Waals surface area contributed by atoms with Crippen LogP contribution in [0.4, 0.5) is 0 Å². The van der Waals surface area contributed by atoms with E-state index in [9.17, 15) is 19.0 Å². The molecule has 0 bridgehead atoms. The molecular weight excluding hydrogens is 614 g/mol. The molecule has 0 spiro atoms. The molecule has 224 valence electrons. The minimum Gasteiger partial charge on any atom is -0.493 e. The van der Waals surface area contributed by atoms with Crippen LogP contribution in [0.25, 0.3) is 0 Å². The van der Waals surface area contributed by atoms with Crippen molar-refractivity contribution in [2.75, 3.05) is 14.2 Å². The number of halogens is 2. The highest BCUT2D eigenvalue weighted by molar-refractivity contribution is 7.48. The molecule has 0 saturated heterocycles. The Hall–Kier alpha value is -3.81. The third-order valence-electron chi connectivity index (χ3n) is 6.50. The Morgan fingerprint density at radius 2 is 1.00 bits per heavy atom. The van der Waals surface area contributed by atoms with Crippen LogP contribution in [0.5, 0.6) is 23.0 Å². The molecule has 0 aliphatic heterocycles. The van der Waals surface area contributed by atoms with Crippen LogP contribution in [-0.4, -0.2) is 30.7 Å². The highest BCUT2D eigenvalue weighted by Gasteiger charge is 2.29. The Kier molecular flexibility index (Phi) is 10.9. The quantitative estimate of drug-likeness (QED) is 0.108. The lowest BCUT2D eigenvalue weighted by atomic mass is 10.0. The first-order valence-corrected chi connectivity index (χ1v) is 15.5. The Morgan fingerprint density at radius 1 is 0.628 bits per heavy atom. The number of phosphoric ester groups is 1. The van der Waals surface area contributed by atoms with Crippen LogP contribution in [0.3, 0.4) is 0 Å². The third kappa shape index (κ3) is 9.09. The number of Topliss-reactive ketones (excluding diaryl/α,β-unsaturated/α-hetero) is 2. The first-order chi connectivity index (χ1) is 20.6. The molecule has 0 heterocycles. The first-order valence-electron chi connectivity index (χ1n) is 13.2. The summed E-state index contributed by atoms with van der Waals surface area (Å²) >= 11 is 11.8. The van der Waals surface area contributed by atoms with E-state index >= 15 is 0 Å². The van der Waals surface area contributed by atoms with E-state index in [1.54, 1.807) is 72.8 Å². The second-order valence-electron chi connectivity index (χ2n) is 9.48. The fourth-order valence-corrected chi connectivity index (χ4v) is 5.31. The van der Waals surface area contributed by atoms with Crippen molar-refractivity contribution in [1.82, 2.24) is 0 Å². The van der Waals surface area contributed by atoms with Gasteiger partial charge in [-0.15, -0.1) is 0 Å². The molecule has 0 fully saturated rings. The molecule has 4 aromatic carbocycles. The number of benzene rings is 4. The number of aryl methyl sites for hydroxylation is 2. The first kappa shape index (κ1) is 32.1. The van der Waals surface area contributed by atoms with Gasteiger partial charge in [0, 0.05) is 34.0 Å². The lowest BCUT2D eigenvalue weighted by Crippen LogP contribution is -2.05. The number of rotatable bonds is 14. The molecule has 0 saturated carbocycles. The molecule has 0 radical (unpaired) electrons. The van der Waals surface area contributed by atoms with E-state index in [0.717, 1.165) is 0 Å². The molecule has 0 unspecified atom stereocenters. The topological polar surface area (TPSA) is 108 Å². The van der Waals surface area contributed by atoms with Gasteiger partial charge in [-0.25, -0.2) is 4.57 Å². The zero-order valence-corrected chi connectivity index (χ0v) is 25.8. The van der Waals surface area contributed by atoms with E-state index in [-0.39, 0.29) is 47.4 Å². The number of ketones is 2. The predicted molar refractivity (Wildman–Crippen MR) is 165 cm³/mol. The molecule has 4 rings (SSSR count). The van der Waals surface area contributed by atoms with Crippen molar-refractivity contribution in [3.8, 4) is 23.0 Å². The Labute approximate surface area is 259 Å². The summed E-state index contributed by atoms with van der Waals surface area (Å²) in [5.41, 5.74) is 2.44. The Morgan fingerprint density at radius 3 is 1.35 bits per heavy atom. The van der Waals surface area contributed by atoms with Crippen LogP contribution in [-0.2, 0) is 17.4 Å². The van der Waals surface area contributed by atoms with Crippen LogP contribution in [0.15, 0.2) is 84.9 Å². The van der Waals surface area contributed by atoms with Gasteiger partial charge < -0.3 is 18.5 Å². The summed E-state index contributed by atoms with van der Waals surface area (Å²) < 4.78 is 34.6. The fourth-order valence-electron chi connectivity index (χ4n) is 4.24. The van der Waals surface area contributed by atoms with Crippen LogP contribution in [0.2, 0.25) is 10.0 Å². The van der Waals surface area contributed by atoms with Crippen molar-refractivity contribution in [3.05, 3.63) is 117 Å². The average molecular weight is 643 g/mol. The maximum atomic E-state index is 13.1. The number of hydrogen-bond acceptors (Lipinski definition) is 7. The van der Waals surface area contributed by atoms with E-state index in [2.05, 4.69) is 0 Å². The number of carbonyl (C=O) groups is 2. The summed E-state index contributed by atoms with van der Waals surface area (Å²) in [6.45, 7) is 0. The normalized spacial score (nSPS) is 11.1. The summed E-state index contributed by atoms with van der Waals surface area (Å²) in [6.07, 6.45) is 1.10. The highest BCUT2D eigenvalue weighted by Crippen LogP contribution is 2.49. The molecule has 0 aliphatic carbocycles. The lowest BCUT2D eigenvalue weighted by molar-refractivity contribution is 0.0975. The molecule has 1 N–H and O–H groups in total. The zero-order valence-electron chi connectivity index (χ0n) is 23.4. The van der Waals surface area contributed by atoms with Crippen molar-refractivity contribution < 1.29 is 37.6 Å². The van der Waals surface area contributed by atoms with Gasteiger partial charge in [0.1, 0.15) is 0 Å². The summed E-state index contributed by atoms with van der Waals surface area (Å²) in [6, 6.07) is 22.9. The average Bonchev–Trinajstić information content (AvgIpc) is 2.99. The second-order valence-corrected chi connectivity index (χ2v) is 11.7. The number of hydrogen-bond donors (Lipinski definition) is 1. The summed E-state index contributed by atoms with van der Waals surface area (Å²) in [4.78, 5) is 35.9. The molecule has 8 nitrogen and oxygen atoms in total. The minimum atomic E-state index is -4.76. The van der Waals surface area contributed by atoms with Crippen molar-refractivity contribution in [2.45, 2.75) is 25.7 Å². The SMILES string of the molecule is COc1ccc(CCC(=O)c2ccc(Cl)cc2)cc1OP(=O)(O)Oc1cc(CCC(=O)c2ccc(Cl)cc2)ccc1OC. The molecule has 0 aliphatic rings. The molecule has 4 aromatic rings. The minimum absolute atomic E-state index is 0.0338. The summed E-state index contributed by atoms with van der Waals surface area (Å²) in [7, 11) is -1.96. The van der Waals surface area contributed by atoms with Crippen LogP contribution < -0.4 is 18.5 Å². The van der Waals surface area contributed by atoms with E-state index in [0.29, 0.717) is 45.1 Å². The van der Waals surface area contributed by atoms with Crippen LogP contribution in [0.1, 0.15) is 44.7 Å². The van der Waals surface area contributed by atoms with E-state index in [4.69, 9.17) is 41.7 Å². The molecule has 43 heavy (non-hydrogen) atoms.